The van der Waals surface area contributed by atoms with Gasteiger partial charge in [0.05, 0.1) is 27.2 Å². The van der Waals surface area contributed by atoms with Crippen molar-refractivity contribution in [1.82, 2.24) is 14.0 Å². The molecule has 1 fully saturated rings. The van der Waals surface area contributed by atoms with E-state index in [1.54, 1.807) is 36.1 Å². The Bertz CT molecular complexity index is 2690. The van der Waals surface area contributed by atoms with Gasteiger partial charge in [-0.1, -0.05) is 36.1 Å². The second-order valence-electron chi connectivity index (χ2n) is 11.3. The van der Waals surface area contributed by atoms with Crippen molar-refractivity contribution in [2.24, 2.45) is 0 Å². The average Bonchev–Trinajstić information content (AvgIpc) is 3.79. The highest BCUT2D eigenvalue weighted by Gasteiger charge is 2.32. The minimum absolute atomic E-state index is 0.0409. The first-order chi connectivity index (χ1) is 24.6. The third-order valence-electron chi connectivity index (χ3n) is 7.80. The van der Waals surface area contributed by atoms with Crippen molar-refractivity contribution in [1.29, 1.82) is 0 Å². The molecule has 2 aliphatic rings. The van der Waals surface area contributed by atoms with E-state index in [0.717, 1.165) is 39.0 Å². The maximum absolute atomic E-state index is 14.3. The molecule has 1 saturated heterocycles. The number of aromatic carboxylic acids is 1. The molecule has 2 aromatic heterocycles. The van der Waals surface area contributed by atoms with Crippen molar-refractivity contribution in [2.75, 3.05) is 24.2 Å². The van der Waals surface area contributed by atoms with Gasteiger partial charge in [-0.15, -0.1) is 22.7 Å². The Hall–Kier alpha value is -4.86. The summed E-state index contributed by atoms with van der Waals surface area (Å²) in [5.41, 5.74) is -0.144. The van der Waals surface area contributed by atoms with E-state index in [1.165, 1.54) is 46.9 Å². The topological polar surface area (TPSA) is 206 Å². The molecule has 6 rings (SSSR count). The number of allylic oxidation sites excluding steroid dienone is 1. The number of nitrogens with zero attached hydrogens (tertiary/aromatic N) is 4. The Labute approximate surface area is 310 Å². The van der Waals surface area contributed by atoms with Crippen LogP contribution in [0.25, 0.3) is 16.7 Å². The zero-order valence-corrected chi connectivity index (χ0v) is 31.0. The molecule has 0 unspecified atom stereocenters. The molecule has 0 radical (unpaired) electrons. The number of carbonyl (C=O) groups excluding carboxylic acids is 1. The number of carboxylic acids is 2. The van der Waals surface area contributed by atoms with Crippen molar-refractivity contribution in [3.8, 4) is 11.4 Å². The standard InChI is InChI=1S/C32H26N4O11S5/c1-16(28-34(12-5-13-52(44,45)46)19-6-3-4-7-20(19)47-28)14-21-25(39)36(18-10-8-17(9-11-18)31(42)43)30(49-21)24-27(41)35(15-22(37)38)29(50-24)23-26(40)33(2)32(48)51-23/h3-4,6-11,14H,5,12-13,15H2,1-2H3,(H,37,38)(H,42,43)(H,44,45,46)/b21-14?,28-16?,29-23+,30-24+. The maximum atomic E-state index is 14.3. The summed E-state index contributed by atoms with van der Waals surface area (Å²) in [4.78, 5) is 67.8. The van der Waals surface area contributed by atoms with Gasteiger partial charge in [-0.05, 0) is 55.8 Å². The Balaban J connectivity index is 1.65. The van der Waals surface area contributed by atoms with Gasteiger partial charge in [-0.25, -0.2) is 4.79 Å². The van der Waals surface area contributed by atoms with Crippen molar-refractivity contribution >= 4 is 95.6 Å². The first-order valence-electron chi connectivity index (χ1n) is 15.0. The summed E-state index contributed by atoms with van der Waals surface area (Å²) in [5, 5.41) is 19.1. The molecule has 0 spiro atoms. The molecule has 3 N–H and O–H groups in total. The van der Waals surface area contributed by atoms with Crippen LogP contribution in [-0.4, -0.2) is 78.7 Å². The maximum Gasteiger partial charge on any atom is 0.335 e. The quantitative estimate of drug-likeness (QED) is 0.164. The predicted molar refractivity (Wildman–Crippen MR) is 199 cm³/mol. The lowest BCUT2D eigenvalue weighted by Gasteiger charge is -2.19. The van der Waals surface area contributed by atoms with Crippen LogP contribution in [0.2, 0.25) is 0 Å². The SMILES string of the molecule is CC(C=c1s/c(=c2/s/c(=C3/SC(=S)N(C)C3=O)n(CC(=O)O)c2=O)n(-c2ccc(C(=O)O)cc2)c1=O)=C1Oc2ccccc2N1CCCS(=O)(=O)O. The van der Waals surface area contributed by atoms with Gasteiger partial charge < -0.3 is 19.8 Å². The number of carboxylic acid groups (broad SMARTS) is 2. The van der Waals surface area contributed by atoms with Crippen molar-refractivity contribution in [3.63, 3.8) is 0 Å². The number of anilines is 1. The molecule has 15 nitrogen and oxygen atoms in total. The molecule has 20 heteroatoms. The number of para-hydroxylation sites is 2. The number of amides is 1. The zero-order valence-electron chi connectivity index (χ0n) is 27.0. The Morgan fingerprint density at radius 3 is 2.29 bits per heavy atom. The molecule has 0 aliphatic carbocycles. The van der Waals surface area contributed by atoms with Crippen molar-refractivity contribution < 1.29 is 42.3 Å². The number of ether oxygens (including phenoxy) is 1. The third kappa shape index (κ3) is 7.12. The lowest BCUT2D eigenvalue weighted by molar-refractivity contribution is -0.137. The highest BCUT2D eigenvalue weighted by molar-refractivity contribution is 8.30. The number of hydrogen-bond donors (Lipinski definition) is 3. The molecular weight excluding hydrogens is 777 g/mol. The summed E-state index contributed by atoms with van der Waals surface area (Å²) in [5.74, 6) is -2.79. The van der Waals surface area contributed by atoms with Gasteiger partial charge in [0.1, 0.15) is 29.6 Å². The first-order valence-corrected chi connectivity index (χ1v) is 19.5. The molecule has 270 valence electrons. The first kappa shape index (κ1) is 36.9. The van der Waals surface area contributed by atoms with Crippen LogP contribution in [0, 0.1) is 9.20 Å². The van der Waals surface area contributed by atoms with E-state index in [9.17, 15) is 47.2 Å². The minimum atomic E-state index is -4.23. The van der Waals surface area contributed by atoms with Gasteiger partial charge in [0, 0.05) is 19.2 Å². The molecule has 2 aliphatic heterocycles. The zero-order chi connectivity index (χ0) is 37.6. The molecule has 4 aromatic rings. The van der Waals surface area contributed by atoms with E-state index >= 15 is 0 Å². The summed E-state index contributed by atoms with van der Waals surface area (Å²) in [7, 11) is -2.77. The fourth-order valence-electron chi connectivity index (χ4n) is 5.40. The normalized spacial score (nSPS) is 17.5. The van der Waals surface area contributed by atoms with Crippen LogP contribution in [0.5, 0.6) is 5.75 Å². The van der Waals surface area contributed by atoms with E-state index in [-0.39, 0.29) is 51.8 Å². The number of thiocarbonyl (C=S) groups is 1. The van der Waals surface area contributed by atoms with Gasteiger partial charge in [-0.2, -0.15) is 8.42 Å². The molecular formula is C32H26N4O11S5. The number of rotatable bonds is 9. The largest absolute Gasteiger partial charge is 0.480 e. The van der Waals surface area contributed by atoms with Crippen molar-refractivity contribution in [2.45, 2.75) is 19.9 Å². The predicted octanol–water partition coefficient (Wildman–Crippen LogP) is 1.98. The van der Waals surface area contributed by atoms with E-state index in [0.29, 0.717) is 22.9 Å². The molecule has 52 heavy (non-hydrogen) atoms. The van der Waals surface area contributed by atoms with Gasteiger partial charge in [0.2, 0.25) is 5.88 Å². The van der Waals surface area contributed by atoms with Crippen molar-refractivity contribution in [3.05, 3.63) is 105 Å². The summed E-state index contributed by atoms with van der Waals surface area (Å²) in [6.45, 7) is 1.03. The Morgan fingerprint density at radius 2 is 1.67 bits per heavy atom. The van der Waals surface area contributed by atoms with E-state index in [2.05, 4.69) is 0 Å². The number of fused-ring (bicyclic) bond motifs is 1. The average molecular weight is 803 g/mol. The van der Waals surface area contributed by atoms with Crippen LogP contribution in [-0.2, 0) is 26.3 Å². The number of carbonyl (C=O) groups is 3. The van der Waals surface area contributed by atoms with Gasteiger partial charge in [0.15, 0.2) is 5.75 Å². The van der Waals surface area contributed by atoms with Crippen LogP contribution in [0.1, 0.15) is 23.7 Å². The molecule has 0 bridgehead atoms. The van der Waals surface area contributed by atoms with Gasteiger partial charge >= 0.3 is 11.9 Å². The number of benzene rings is 2. The fraction of sp³-hybridized carbons (Fsp3) is 0.188. The number of thiazole rings is 2. The smallest absolute Gasteiger partial charge is 0.335 e. The number of thioether (sulfide) groups is 1. The second kappa shape index (κ2) is 14.3. The minimum Gasteiger partial charge on any atom is -0.480 e. The lowest BCUT2D eigenvalue weighted by Crippen LogP contribution is -2.32. The number of aliphatic carboxylic acids is 1. The fourth-order valence-corrected chi connectivity index (χ4v) is 9.63. The molecule has 0 atom stereocenters. The van der Waals surface area contributed by atoms with Gasteiger partial charge in [-0.3, -0.25) is 37.8 Å². The lowest BCUT2D eigenvalue weighted by atomic mass is 10.2. The highest BCUT2D eigenvalue weighted by Crippen LogP contribution is 2.40. The second-order valence-corrected chi connectivity index (χ2v) is 16.6. The highest BCUT2D eigenvalue weighted by atomic mass is 32.2. The summed E-state index contributed by atoms with van der Waals surface area (Å²) in [6.07, 6.45) is 1.58. The van der Waals surface area contributed by atoms with Crippen LogP contribution in [0.15, 0.2) is 69.6 Å². The van der Waals surface area contributed by atoms with Crippen LogP contribution in [0.4, 0.5) is 5.69 Å². The summed E-state index contributed by atoms with van der Waals surface area (Å²) >= 11 is 7.90. The van der Waals surface area contributed by atoms with E-state index in [4.69, 9.17) is 17.0 Å². The van der Waals surface area contributed by atoms with Crippen LogP contribution < -0.4 is 30.0 Å². The summed E-state index contributed by atoms with van der Waals surface area (Å²) in [6, 6.07) is 12.4. The molecule has 2 aromatic carbocycles. The van der Waals surface area contributed by atoms with Crippen LogP contribution >= 0.6 is 46.7 Å². The number of hydrogen-bond acceptors (Lipinski definition) is 13. The number of aromatic nitrogens is 2. The van der Waals surface area contributed by atoms with Crippen LogP contribution in [0.3, 0.4) is 0 Å². The van der Waals surface area contributed by atoms with E-state index in [1.807, 2.05) is 0 Å². The Kier molecular flexibility index (Phi) is 10.1. The molecule has 4 heterocycles. The molecule has 0 saturated carbocycles. The van der Waals surface area contributed by atoms with Gasteiger partial charge in [0.25, 0.3) is 27.1 Å². The monoisotopic (exact) mass is 802 g/mol. The van der Waals surface area contributed by atoms with E-state index < -0.39 is 51.4 Å². The summed E-state index contributed by atoms with van der Waals surface area (Å²) < 4.78 is 40.8. The molecule has 1 amide bonds. The Morgan fingerprint density at radius 1 is 0.981 bits per heavy atom. The third-order valence-corrected chi connectivity index (χ3v) is 12.7.